The number of alkyl halides is 1. The summed E-state index contributed by atoms with van der Waals surface area (Å²) < 4.78 is 5.81. The average Bonchev–Trinajstić information content (AvgIpc) is 2.55. The SMILES string of the molecule is O=c1[nH]c(-c2ccccc2)c(OCCCl)c2ccccc12. The first-order chi connectivity index (χ1) is 10.3. The molecule has 3 rings (SSSR count). The highest BCUT2D eigenvalue weighted by molar-refractivity contribution is 6.18. The highest BCUT2D eigenvalue weighted by Gasteiger charge is 2.13. The van der Waals surface area contributed by atoms with Crippen molar-refractivity contribution in [2.24, 2.45) is 0 Å². The summed E-state index contributed by atoms with van der Waals surface area (Å²) >= 11 is 5.74. The van der Waals surface area contributed by atoms with Crippen LogP contribution in [-0.4, -0.2) is 17.5 Å². The Bertz CT molecular complexity index is 812. The van der Waals surface area contributed by atoms with Gasteiger partial charge in [0, 0.05) is 10.9 Å². The summed E-state index contributed by atoms with van der Waals surface area (Å²) in [7, 11) is 0. The molecule has 2 aromatic carbocycles. The lowest BCUT2D eigenvalue weighted by atomic mass is 10.1. The maximum Gasteiger partial charge on any atom is 0.256 e. The summed E-state index contributed by atoms with van der Waals surface area (Å²) in [4.78, 5) is 15.2. The Morgan fingerprint density at radius 2 is 1.62 bits per heavy atom. The Hall–Kier alpha value is -2.26. The fourth-order valence-electron chi connectivity index (χ4n) is 2.35. The number of hydrogen-bond acceptors (Lipinski definition) is 2. The van der Waals surface area contributed by atoms with Gasteiger partial charge in [0.1, 0.15) is 6.61 Å². The molecule has 3 nitrogen and oxygen atoms in total. The highest BCUT2D eigenvalue weighted by atomic mass is 35.5. The van der Waals surface area contributed by atoms with Gasteiger partial charge in [-0.25, -0.2) is 0 Å². The van der Waals surface area contributed by atoms with Crippen LogP contribution in [0.2, 0.25) is 0 Å². The molecule has 1 N–H and O–H groups in total. The van der Waals surface area contributed by atoms with E-state index in [4.69, 9.17) is 16.3 Å². The van der Waals surface area contributed by atoms with E-state index < -0.39 is 0 Å². The van der Waals surface area contributed by atoms with Crippen molar-refractivity contribution in [3.05, 3.63) is 65.0 Å². The molecule has 0 fully saturated rings. The molecule has 0 atom stereocenters. The normalized spacial score (nSPS) is 10.7. The van der Waals surface area contributed by atoms with Gasteiger partial charge >= 0.3 is 0 Å². The van der Waals surface area contributed by atoms with Gasteiger partial charge in [0.15, 0.2) is 5.75 Å². The zero-order valence-corrected chi connectivity index (χ0v) is 12.1. The molecule has 1 heterocycles. The van der Waals surface area contributed by atoms with Crippen molar-refractivity contribution in [2.45, 2.75) is 0 Å². The summed E-state index contributed by atoms with van der Waals surface area (Å²) in [5, 5.41) is 1.41. The number of H-pyrrole nitrogens is 1. The number of pyridine rings is 1. The minimum Gasteiger partial charge on any atom is -0.489 e. The third-order valence-corrected chi connectivity index (χ3v) is 3.42. The van der Waals surface area contributed by atoms with E-state index >= 15 is 0 Å². The van der Waals surface area contributed by atoms with Gasteiger partial charge in [-0.15, -0.1) is 11.6 Å². The van der Waals surface area contributed by atoms with E-state index in [-0.39, 0.29) is 5.56 Å². The van der Waals surface area contributed by atoms with E-state index in [9.17, 15) is 4.79 Å². The number of hydrogen-bond donors (Lipinski definition) is 1. The number of benzene rings is 2. The maximum absolute atomic E-state index is 12.3. The molecule has 0 saturated heterocycles. The van der Waals surface area contributed by atoms with Crippen molar-refractivity contribution in [1.29, 1.82) is 0 Å². The second-order valence-corrected chi connectivity index (χ2v) is 4.99. The molecule has 1 aromatic heterocycles. The Kier molecular flexibility index (Phi) is 3.93. The monoisotopic (exact) mass is 299 g/mol. The van der Waals surface area contributed by atoms with Crippen LogP contribution in [0.5, 0.6) is 5.75 Å². The third-order valence-electron chi connectivity index (χ3n) is 3.27. The lowest BCUT2D eigenvalue weighted by Gasteiger charge is -2.13. The van der Waals surface area contributed by atoms with Crippen LogP contribution in [0.4, 0.5) is 0 Å². The zero-order chi connectivity index (χ0) is 14.7. The number of aromatic amines is 1. The van der Waals surface area contributed by atoms with E-state index in [0.717, 1.165) is 10.9 Å². The minimum absolute atomic E-state index is 0.123. The summed E-state index contributed by atoms with van der Waals surface area (Å²) in [6.45, 7) is 0.386. The number of rotatable bonds is 4. The van der Waals surface area contributed by atoms with Crippen LogP contribution in [0, 0.1) is 0 Å². The van der Waals surface area contributed by atoms with Crippen molar-refractivity contribution in [3.63, 3.8) is 0 Å². The number of nitrogens with one attached hydrogen (secondary N) is 1. The van der Waals surface area contributed by atoms with Crippen molar-refractivity contribution in [3.8, 4) is 17.0 Å². The molecule has 0 saturated carbocycles. The fraction of sp³-hybridized carbons (Fsp3) is 0.118. The molecule has 106 valence electrons. The number of ether oxygens (including phenoxy) is 1. The Balaban J connectivity index is 2.30. The molecule has 0 aliphatic heterocycles. The number of halogens is 1. The van der Waals surface area contributed by atoms with Crippen LogP contribution in [0.3, 0.4) is 0 Å². The van der Waals surface area contributed by atoms with Gasteiger partial charge in [0.25, 0.3) is 5.56 Å². The van der Waals surface area contributed by atoms with Crippen LogP contribution in [-0.2, 0) is 0 Å². The second kappa shape index (κ2) is 6.02. The molecule has 0 spiro atoms. The van der Waals surface area contributed by atoms with Crippen LogP contribution < -0.4 is 10.3 Å². The predicted molar refractivity (Wildman–Crippen MR) is 86.2 cm³/mol. The highest BCUT2D eigenvalue weighted by Crippen LogP contribution is 2.33. The van der Waals surface area contributed by atoms with Crippen LogP contribution in [0.1, 0.15) is 0 Å². The molecule has 0 amide bonds. The molecule has 0 radical (unpaired) electrons. The smallest absolute Gasteiger partial charge is 0.256 e. The van der Waals surface area contributed by atoms with Crippen molar-refractivity contribution < 1.29 is 4.74 Å². The van der Waals surface area contributed by atoms with E-state index in [2.05, 4.69) is 4.98 Å². The van der Waals surface area contributed by atoms with Crippen molar-refractivity contribution in [1.82, 2.24) is 4.98 Å². The Labute approximate surface area is 127 Å². The van der Waals surface area contributed by atoms with E-state index in [0.29, 0.717) is 29.3 Å². The van der Waals surface area contributed by atoms with Gasteiger partial charge in [-0.3, -0.25) is 4.79 Å². The van der Waals surface area contributed by atoms with Crippen molar-refractivity contribution >= 4 is 22.4 Å². The van der Waals surface area contributed by atoms with Crippen molar-refractivity contribution in [2.75, 3.05) is 12.5 Å². The molecule has 0 aliphatic carbocycles. The molecule has 3 aromatic rings. The Morgan fingerprint density at radius 1 is 0.952 bits per heavy atom. The summed E-state index contributed by atoms with van der Waals surface area (Å²) in [5.74, 6) is 1.05. The van der Waals surface area contributed by atoms with Crippen LogP contribution >= 0.6 is 11.6 Å². The summed E-state index contributed by atoms with van der Waals surface area (Å²) in [5.41, 5.74) is 1.47. The Morgan fingerprint density at radius 3 is 2.33 bits per heavy atom. The van der Waals surface area contributed by atoms with E-state index in [1.807, 2.05) is 48.5 Å². The van der Waals surface area contributed by atoms with Crippen LogP contribution in [0.25, 0.3) is 22.0 Å². The lowest BCUT2D eigenvalue weighted by Crippen LogP contribution is -2.11. The quantitative estimate of drug-likeness (QED) is 0.744. The van der Waals surface area contributed by atoms with Gasteiger partial charge in [0.2, 0.25) is 0 Å². The fourth-order valence-corrected chi connectivity index (χ4v) is 2.43. The number of fused-ring (bicyclic) bond motifs is 1. The zero-order valence-electron chi connectivity index (χ0n) is 11.3. The molecule has 0 unspecified atom stereocenters. The van der Waals surface area contributed by atoms with Gasteiger partial charge in [-0.05, 0) is 6.07 Å². The van der Waals surface area contributed by atoms with Crippen LogP contribution in [0.15, 0.2) is 59.4 Å². The topological polar surface area (TPSA) is 42.1 Å². The second-order valence-electron chi connectivity index (χ2n) is 4.61. The summed E-state index contributed by atoms with van der Waals surface area (Å²) in [6, 6.07) is 17.1. The molecular formula is C17H14ClNO2. The molecular weight excluding hydrogens is 286 g/mol. The standard InChI is InChI=1S/C17H14ClNO2/c18-10-11-21-16-13-8-4-5-9-14(13)17(20)19-15(16)12-6-2-1-3-7-12/h1-9H,10-11H2,(H,19,20). The largest absolute Gasteiger partial charge is 0.489 e. The first-order valence-corrected chi connectivity index (χ1v) is 7.24. The maximum atomic E-state index is 12.3. The molecule has 0 bridgehead atoms. The van der Waals surface area contributed by atoms with Gasteiger partial charge in [-0.1, -0.05) is 48.5 Å². The van der Waals surface area contributed by atoms with E-state index in [1.54, 1.807) is 6.07 Å². The van der Waals surface area contributed by atoms with Gasteiger partial charge in [-0.2, -0.15) is 0 Å². The lowest BCUT2D eigenvalue weighted by molar-refractivity contribution is 0.347. The molecule has 21 heavy (non-hydrogen) atoms. The van der Waals surface area contributed by atoms with Gasteiger partial charge in [0.05, 0.1) is 17.0 Å². The molecule has 4 heteroatoms. The first-order valence-electron chi connectivity index (χ1n) is 6.70. The van der Waals surface area contributed by atoms with E-state index in [1.165, 1.54) is 0 Å². The first kappa shape index (κ1) is 13.7. The minimum atomic E-state index is -0.123. The number of aromatic nitrogens is 1. The third kappa shape index (κ3) is 2.65. The molecule has 0 aliphatic rings. The predicted octanol–water partition coefficient (Wildman–Crippen LogP) is 3.81. The average molecular weight is 300 g/mol. The van der Waals surface area contributed by atoms with Gasteiger partial charge < -0.3 is 9.72 Å². The summed E-state index contributed by atoms with van der Waals surface area (Å²) in [6.07, 6.45) is 0.